The maximum absolute atomic E-state index is 10.6. The van der Waals surface area contributed by atoms with Crippen LogP contribution in [0.25, 0.3) is 0 Å². The van der Waals surface area contributed by atoms with Crippen LogP contribution >= 0.6 is 0 Å². The molecule has 1 fully saturated rings. The number of piperazine rings is 1. The van der Waals surface area contributed by atoms with Crippen LogP contribution in [0.3, 0.4) is 0 Å². The SMILES string of the molecule is COc1ccccc1N1CCN(CCCCC(O)c2ccc3c(c2)OC=CCO3)CC1. The summed E-state index contributed by atoms with van der Waals surface area (Å²) in [6.45, 7) is 5.69. The average molecular weight is 425 g/mol. The molecule has 166 valence electrons. The van der Waals surface area contributed by atoms with Gasteiger partial charge in [0.2, 0.25) is 0 Å². The summed E-state index contributed by atoms with van der Waals surface area (Å²) in [5.74, 6) is 2.32. The molecule has 2 aliphatic rings. The first-order valence-electron chi connectivity index (χ1n) is 11.1. The highest BCUT2D eigenvalue weighted by Crippen LogP contribution is 2.33. The number of hydrogen-bond donors (Lipinski definition) is 1. The van der Waals surface area contributed by atoms with Crippen molar-refractivity contribution in [3.05, 3.63) is 60.4 Å². The van der Waals surface area contributed by atoms with Crippen LogP contribution in [0.1, 0.15) is 30.9 Å². The van der Waals surface area contributed by atoms with E-state index >= 15 is 0 Å². The second-order valence-electron chi connectivity index (χ2n) is 8.02. The van der Waals surface area contributed by atoms with Crippen molar-refractivity contribution in [1.82, 2.24) is 4.90 Å². The molecule has 31 heavy (non-hydrogen) atoms. The summed E-state index contributed by atoms with van der Waals surface area (Å²) in [6.07, 6.45) is 5.79. The number of rotatable bonds is 8. The van der Waals surface area contributed by atoms with Crippen molar-refractivity contribution in [2.45, 2.75) is 25.4 Å². The van der Waals surface area contributed by atoms with Crippen LogP contribution in [0, 0.1) is 0 Å². The van der Waals surface area contributed by atoms with Gasteiger partial charge in [-0.1, -0.05) is 18.2 Å². The van der Waals surface area contributed by atoms with E-state index in [9.17, 15) is 5.11 Å². The van der Waals surface area contributed by atoms with Crippen molar-refractivity contribution in [2.75, 3.05) is 51.3 Å². The number of ether oxygens (including phenoxy) is 3. The molecular formula is C25H32N2O4. The molecular weight excluding hydrogens is 392 g/mol. The zero-order valence-electron chi connectivity index (χ0n) is 18.2. The van der Waals surface area contributed by atoms with Gasteiger partial charge in [0.05, 0.1) is 25.2 Å². The van der Waals surface area contributed by atoms with Crippen molar-refractivity contribution in [1.29, 1.82) is 0 Å². The van der Waals surface area contributed by atoms with Crippen LogP contribution in [-0.2, 0) is 0 Å². The standard InChI is InChI=1S/C25H32N2O4/c1-29-23-9-3-2-7-21(23)27-15-13-26(14-16-27)12-5-4-8-22(28)20-10-11-24-25(19-20)31-18-6-17-30-24/h2-3,6-7,9-11,18-19,22,28H,4-5,8,12-17H2,1H3. The highest BCUT2D eigenvalue weighted by molar-refractivity contribution is 5.58. The van der Waals surface area contributed by atoms with Gasteiger partial charge in [-0.2, -0.15) is 0 Å². The lowest BCUT2D eigenvalue weighted by Crippen LogP contribution is -2.46. The highest BCUT2D eigenvalue weighted by atomic mass is 16.5. The largest absolute Gasteiger partial charge is 0.495 e. The molecule has 0 amide bonds. The van der Waals surface area contributed by atoms with Crippen LogP contribution in [0.4, 0.5) is 5.69 Å². The van der Waals surface area contributed by atoms with Gasteiger partial charge < -0.3 is 24.2 Å². The molecule has 1 N–H and O–H groups in total. The molecule has 0 aromatic heterocycles. The Balaban J connectivity index is 1.19. The first-order chi connectivity index (χ1) is 15.2. The second-order valence-corrected chi connectivity index (χ2v) is 8.02. The van der Waals surface area contributed by atoms with E-state index < -0.39 is 6.10 Å². The Labute approximate surface area is 184 Å². The molecule has 2 heterocycles. The molecule has 1 atom stereocenters. The number of methoxy groups -OCH3 is 1. The van der Waals surface area contributed by atoms with E-state index in [-0.39, 0.29) is 0 Å². The quantitative estimate of drug-likeness (QED) is 0.647. The molecule has 2 aliphatic heterocycles. The van der Waals surface area contributed by atoms with Gasteiger partial charge in [-0.15, -0.1) is 0 Å². The van der Waals surface area contributed by atoms with E-state index in [1.54, 1.807) is 13.4 Å². The van der Waals surface area contributed by atoms with Gasteiger partial charge >= 0.3 is 0 Å². The maximum Gasteiger partial charge on any atom is 0.168 e. The van der Waals surface area contributed by atoms with Crippen molar-refractivity contribution in [2.24, 2.45) is 0 Å². The third kappa shape index (κ3) is 5.51. The summed E-state index contributed by atoms with van der Waals surface area (Å²) in [4.78, 5) is 4.91. The number of hydrogen-bond acceptors (Lipinski definition) is 6. The summed E-state index contributed by atoms with van der Waals surface area (Å²) in [6, 6.07) is 13.9. The van der Waals surface area contributed by atoms with Crippen LogP contribution < -0.4 is 19.1 Å². The lowest BCUT2D eigenvalue weighted by molar-refractivity contribution is 0.159. The lowest BCUT2D eigenvalue weighted by atomic mass is 10.0. The van der Waals surface area contributed by atoms with E-state index in [0.717, 1.165) is 63.3 Å². The van der Waals surface area contributed by atoms with E-state index in [2.05, 4.69) is 21.9 Å². The van der Waals surface area contributed by atoms with Gasteiger partial charge in [-0.05, 0) is 61.7 Å². The lowest BCUT2D eigenvalue weighted by Gasteiger charge is -2.36. The van der Waals surface area contributed by atoms with Crippen molar-refractivity contribution < 1.29 is 19.3 Å². The molecule has 0 spiro atoms. The number of aliphatic hydroxyl groups is 1. The molecule has 0 radical (unpaired) electrons. The first-order valence-corrected chi connectivity index (χ1v) is 11.1. The molecule has 2 aromatic carbocycles. The van der Waals surface area contributed by atoms with Crippen LogP contribution in [0.15, 0.2) is 54.8 Å². The Morgan fingerprint density at radius 1 is 1.03 bits per heavy atom. The summed E-state index contributed by atoms with van der Waals surface area (Å²) in [7, 11) is 1.73. The number of benzene rings is 2. The zero-order valence-corrected chi connectivity index (χ0v) is 18.2. The fraction of sp³-hybridized carbons (Fsp3) is 0.440. The third-order valence-corrected chi connectivity index (χ3v) is 5.98. The molecule has 6 nitrogen and oxygen atoms in total. The smallest absolute Gasteiger partial charge is 0.168 e. The van der Waals surface area contributed by atoms with Crippen molar-refractivity contribution in [3.63, 3.8) is 0 Å². The number of aliphatic hydroxyl groups excluding tert-OH is 1. The number of fused-ring (bicyclic) bond motifs is 1. The first kappa shape index (κ1) is 21.5. The normalized spacial score (nSPS) is 17.3. The van der Waals surface area contributed by atoms with Crippen LogP contribution in [-0.4, -0.2) is 56.4 Å². The summed E-state index contributed by atoms with van der Waals surface area (Å²) in [5, 5.41) is 10.6. The third-order valence-electron chi connectivity index (χ3n) is 5.98. The van der Waals surface area contributed by atoms with Crippen LogP contribution in [0.5, 0.6) is 17.2 Å². The Kier molecular flexibility index (Phi) is 7.33. The molecule has 6 heteroatoms. The molecule has 0 bridgehead atoms. The minimum Gasteiger partial charge on any atom is -0.495 e. The Hall–Kier alpha value is -2.70. The van der Waals surface area contributed by atoms with Gasteiger partial charge in [0.25, 0.3) is 0 Å². The van der Waals surface area contributed by atoms with Crippen LogP contribution in [0.2, 0.25) is 0 Å². The van der Waals surface area contributed by atoms with E-state index in [1.165, 1.54) is 5.69 Å². The Bertz CT molecular complexity index is 878. The monoisotopic (exact) mass is 424 g/mol. The predicted octanol–water partition coefficient (Wildman–Crippen LogP) is 4.01. The number of nitrogens with zero attached hydrogens (tertiary/aromatic N) is 2. The van der Waals surface area contributed by atoms with Gasteiger partial charge in [0.15, 0.2) is 11.5 Å². The average Bonchev–Trinajstić information content (AvgIpc) is 3.07. The molecule has 1 saturated heterocycles. The molecule has 0 saturated carbocycles. The van der Waals surface area contributed by atoms with Gasteiger partial charge in [-0.25, -0.2) is 0 Å². The summed E-state index contributed by atoms with van der Waals surface area (Å²) in [5.41, 5.74) is 2.06. The topological polar surface area (TPSA) is 54.4 Å². The zero-order chi connectivity index (χ0) is 21.5. The second kappa shape index (κ2) is 10.6. The van der Waals surface area contributed by atoms with Crippen molar-refractivity contribution in [3.8, 4) is 17.2 Å². The minimum atomic E-state index is -0.483. The summed E-state index contributed by atoms with van der Waals surface area (Å²) >= 11 is 0. The fourth-order valence-electron chi connectivity index (χ4n) is 4.19. The maximum atomic E-state index is 10.6. The molecule has 0 aliphatic carbocycles. The van der Waals surface area contributed by atoms with E-state index in [4.69, 9.17) is 14.2 Å². The fourth-order valence-corrected chi connectivity index (χ4v) is 4.19. The predicted molar refractivity (Wildman–Crippen MR) is 122 cm³/mol. The number of anilines is 1. The van der Waals surface area contributed by atoms with Gasteiger partial charge in [-0.3, -0.25) is 4.90 Å². The number of para-hydroxylation sites is 2. The summed E-state index contributed by atoms with van der Waals surface area (Å²) < 4.78 is 16.7. The van der Waals surface area contributed by atoms with Crippen molar-refractivity contribution >= 4 is 5.69 Å². The minimum absolute atomic E-state index is 0.483. The van der Waals surface area contributed by atoms with Gasteiger partial charge in [0.1, 0.15) is 12.4 Å². The molecule has 1 unspecified atom stereocenters. The van der Waals surface area contributed by atoms with Gasteiger partial charge in [0, 0.05) is 26.2 Å². The Morgan fingerprint density at radius 2 is 1.87 bits per heavy atom. The molecule has 4 rings (SSSR count). The highest BCUT2D eigenvalue weighted by Gasteiger charge is 2.19. The van der Waals surface area contributed by atoms with E-state index in [1.807, 2.05) is 36.4 Å². The van der Waals surface area contributed by atoms with E-state index in [0.29, 0.717) is 18.1 Å². The number of unbranched alkanes of at least 4 members (excludes halogenated alkanes) is 1. The molecule has 2 aromatic rings. The Morgan fingerprint density at radius 3 is 2.71 bits per heavy atom.